The summed E-state index contributed by atoms with van der Waals surface area (Å²) in [6.07, 6.45) is 6.38. The number of aromatic nitrogens is 4. The fourth-order valence-electron chi connectivity index (χ4n) is 4.16. The number of benzene rings is 1. The molecular weight excluding hydrogens is 380 g/mol. The van der Waals surface area contributed by atoms with Crippen molar-refractivity contribution in [3.8, 4) is 0 Å². The number of hydrogen-bond acceptors (Lipinski definition) is 0. The summed E-state index contributed by atoms with van der Waals surface area (Å²) >= 11 is 0. The van der Waals surface area contributed by atoms with Crippen LogP contribution in [0.5, 0.6) is 0 Å². The summed E-state index contributed by atoms with van der Waals surface area (Å²) in [6, 6.07) is 25.6. The van der Waals surface area contributed by atoms with Crippen molar-refractivity contribution in [3.05, 3.63) is 128 Å². The minimum atomic E-state index is 1.06. The maximum absolute atomic E-state index is 3.60. The van der Waals surface area contributed by atoms with Gasteiger partial charge in [0.15, 0.2) is 0 Å². The second kappa shape index (κ2) is 6.96. The van der Waals surface area contributed by atoms with Gasteiger partial charge in [0.2, 0.25) is 0 Å². The van der Waals surface area contributed by atoms with Crippen LogP contribution in [0, 0.1) is 6.92 Å². The van der Waals surface area contributed by atoms with Crippen molar-refractivity contribution < 1.29 is 0 Å². The summed E-state index contributed by atoms with van der Waals surface area (Å²) in [4.78, 5) is 14.1. The van der Waals surface area contributed by atoms with Gasteiger partial charge < -0.3 is 19.9 Å². The monoisotopic (exact) mass is 402 g/mol. The molecule has 0 spiro atoms. The lowest BCUT2D eigenvalue weighted by molar-refractivity contribution is 1.21. The summed E-state index contributed by atoms with van der Waals surface area (Å²) in [5, 5.41) is 4.26. The van der Waals surface area contributed by atoms with Crippen molar-refractivity contribution in [1.29, 1.82) is 0 Å². The van der Waals surface area contributed by atoms with Gasteiger partial charge in [0, 0.05) is 49.7 Å². The third kappa shape index (κ3) is 3.38. The predicted octanol–water partition coefficient (Wildman–Crippen LogP) is 2.35. The molecule has 8 bridgehead atoms. The predicted molar refractivity (Wildman–Crippen MR) is 125 cm³/mol. The molecule has 0 saturated carbocycles. The quantitative estimate of drug-likeness (QED) is 0.326. The molecule has 4 nitrogen and oxygen atoms in total. The lowest BCUT2D eigenvalue weighted by Crippen LogP contribution is -2.15. The maximum Gasteiger partial charge on any atom is 0.0485 e. The van der Waals surface area contributed by atoms with Gasteiger partial charge in [0.1, 0.15) is 0 Å². The zero-order valence-corrected chi connectivity index (χ0v) is 17.2. The molecule has 6 rings (SSSR count). The number of H-pyrrole nitrogens is 4. The molecule has 5 aromatic rings. The van der Waals surface area contributed by atoms with Gasteiger partial charge in [-0.1, -0.05) is 29.8 Å². The molecule has 0 unspecified atom stereocenters. The van der Waals surface area contributed by atoms with Crippen molar-refractivity contribution in [2.45, 2.75) is 6.92 Å². The number of aryl methyl sites for hydroxylation is 1. The van der Waals surface area contributed by atoms with Crippen molar-refractivity contribution in [3.63, 3.8) is 0 Å². The Morgan fingerprint density at radius 1 is 0.484 bits per heavy atom. The van der Waals surface area contributed by atoms with E-state index in [1.165, 1.54) is 11.1 Å². The minimum Gasteiger partial charge on any atom is -0.355 e. The zero-order chi connectivity index (χ0) is 20.8. The fourth-order valence-corrected chi connectivity index (χ4v) is 4.16. The Kier molecular flexibility index (Phi) is 3.96. The molecule has 150 valence electrons. The Bertz CT molecular complexity index is 1630. The van der Waals surface area contributed by atoms with E-state index in [1.54, 1.807) is 0 Å². The van der Waals surface area contributed by atoms with E-state index in [1.807, 2.05) is 0 Å². The summed E-state index contributed by atoms with van der Waals surface area (Å²) in [5.41, 5.74) is 7.83. The van der Waals surface area contributed by atoms with Gasteiger partial charge in [-0.3, -0.25) is 0 Å². The van der Waals surface area contributed by atoms with Crippen LogP contribution in [0.3, 0.4) is 0 Å². The molecule has 0 saturated heterocycles. The Morgan fingerprint density at radius 3 is 1.77 bits per heavy atom. The third-order valence-electron chi connectivity index (χ3n) is 5.69. The van der Waals surface area contributed by atoms with Gasteiger partial charge in [-0.15, -0.1) is 0 Å². The van der Waals surface area contributed by atoms with E-state index in [0.717, 1.165) is 49.7 Å². The van der Waals surface area contributed by atoms with Crippen LogP contribution >= 0.6 is 0 Å². The smallest absolute Gasteiger partial charge is 0.0485 e. The molecule has 4 N–H and O–H groups in total. The van der Waals surface area contributed by atoms with E-state index < -0.39 is 0 Å². The maximum atomic E-state index is 3.60. The molecule has 4 heteroatoms. The fraction of sp³-hybridized carbons (Fsp3) is 0.0370. The van der Waals surface area contributed by atoms with Crippen LogP contribution in [-0.4, -0.2) is 19.9 Å². The van der Waals surface area contributed by atoms with Crippen LogP contribution in [0.4, 0.5) is 0 Å². The van der Waals surface area contributed by atoms with E-state index in [0.29, 0.717) is 0 Å². The SMILES string of the molecule is Cc1ccc(C2=c3ccc([nH]3)=Cc3ccc([nH]3)C=c3ccc([nH]3)=Cc3ccc2[nH]3)cc1. The van der Waals surface area contributed by atoms with Gasteiger partial charge in [-0.25, -0.2) is 0 Å². The standard InChI is InChI=1S/C27H22N4/c1-17-2-4-18(5-3-17)27-25-12-10-23(30-25)15-21-8-6-19(28-21)14-20-7-9-22(29-20)16-24-11-13-26(27)31-24/h2-16,28-31H,1H3. The van der Waals surface area contributed by atoms with E-state index >= 15 is 0 Å². The third-order valence-corrected chi connectivity index (χ3v) is 5.69. The second-order valence-corrected chi connectivity index (χ2v) is 8.07. The first-order valence-electron chi connectivity index (χ1n) is 10.4. The summed E-state index contributed by atoms with van der Waals surface area (Å²) in [6.45, 7) is 2.11. The van der Waals surface area contributed by atoms with Crippen LogP contribution in [0.15, 0.2) is 72.8 Å². The Hall–Kier alpha value is -4.18. The van der Waals surface area contributed by atoms with Crippen LogP contribution in [0.2, 0.25) is 0 Å². The summed E-state index contributed by atoms with van der Waals surface area (Å²) in [5.74, 6) is 0. The van der Waals surface area contributed by atoms with Gasteiger partial charge in [-0.05, 0) is 79.2 Å². The van der Waals surface area contributed by atoms with Crippen LogP contribution in [0.1, 0.15) is 33.9 Å². The van der Waals surface area contributed by atoms with Crippen molar-refractivity contribution in [2.75, 3.05) is 0 Å². The lowest BCUT2D eigenvalue weighted by atomic mass is 10.0. The second-order valence-electron chi connectivity index (χ2n) is 8.07. The number of fused-ring (bicyclic) bond motifs is 8. The highest BCUT2D eigenvalue weighted by Gasteiger charge is 2.10. The first-order chi connectivity index (χ1) is 15.2. The molecule has 1 aliphatic heterocycles. The van der Waals surface area contributed by atoms with E-state index in [-0.39, 0.29) is 0 Å². The van der Waals surface area contributed by atoms with Crippen LogP contribution in [0.25, 0.3) is 23.8 Å². The average molecular weight is 403 g/mol. The molecule has 0 atom stereocenters. The van der Waals surface area contributed by atoms with Gasteiger partial charge in [0.05, 0.1) is 0 Å². The van der Waals surface area contributed by atoms with Gasteiger partial charge in [0.25, 0.3) is 0 Å². The normalized spacial score (nSPS) is 12.7. The first-order valence-corrected chi connectivity index (χ1v) is 10.4. The van der Waals surface area contributed by atoms with Crippen molar-refractivity contribution in [1.82, 2.24) is 19.9 Å². The molecule has 5 heterocycles. The largest absolute Gasteiger partial charge is 0.355 e. The highest BCUT2D eigenvalue weighted by Crippen LogP contribution is 2.21. The van der Waals surface area contributed by atoms with Gasteiger partial charge >= 0.3 is 0 Å². The summed E-state index contributed by atoms with van der Waals surface area (Å²) < 4.78 is 0. The average Bonchev–Trinajstić information content (AvgIpc) is 3.55. The molecule has 31 heavy (non-hydrogen) atoms. The Balaban J connectivity index is 1.66. The number of aromatic amines is 4. The molecule has 0 aliphatic carbocycles. The molecule has 0 fully saturated rings. The molecule has 0 amide bonds. The topological polar surface area (TPSA) is 63.2 Å². The number of rotatable bonds is 1. The van der Waals surface area contributed by atoms with Crippen molar-refractivity contribution in [2.24, 2.45) is 0 Å². The molecular formula is C27H22N4. The molecule has 1 aliphatic rings. The van der Waals surface area contributed by atoms with Gasteiger partial charge in [-0.2, -0.15) is 0 Å². The number of hydrogen-bond donors (Lipinski definition) is 4. The minimum absolute atomic E-state index is 1.06. The van der Waals surface area contributed by atoms with Crippen LogP contribution < -0.4 is 21.4 Å². The molecule has 4 aromatic heterocycles. The number of nitrogens with one attached hydrogen (secondary N) is 4. The van der Waals surface area contributed by atoms with E-state index in [2.05, 4.69) is 118 Å². The lowest BCUT2D eigenvalue weighted by Gasteiger charge is -2.06. The highest BCUT2D eigenvalue weighted by molar-refractivity contribution is 5.78. The highest BCUT2D eigenvalue weighted by atomic mass is 14.8. The van der Waals surface area contributed by atoms with Crippen LogP contribution in [-0.2, 0) is 0 Å². The van der Waals surface area contributed by atoms with E-state index in [9.17, 15) is 0 Å². The Morgan fingerprint density at radius 2 is 1.06 bits per heavy atom. The molecule has 1 aromatic carbocycles. The molecule has 0 radical (unpaired) electrons. The zero-order valence-electron chi connectivity index (χ0n) is 17.2. The van der Waals surface area contributed by atoms with E-state index in [4.69, 9.17) is 0 Å². The summed E-state index contributed by atoms with van der Waals surface area (Å²) in [7, 11) is 0. The first kappa shape index (κ1) is 17.7. The van der Waals surface area contributed by atoms with Crippen molar-refractivity contribution >= 4 is 23.8 Å². The Labute approximate surface area is 179 Å².